The predicted octanol–water partition coefficient (Wildman–Crippen LogP) is 14.7. The number of benzene rings is 10. The molecule has 1 unspecified atom stereocenters. The van der Waals surface area contributed by atoms with E-state index in [1.165, 1.54) is 87.6 Å². The second kappa shape index (κ2) is 13.3. The molecule has 10 aromatic carbocycles. The number of hydrogen-bond acceptors (Lipinski definition) is 2. The zero-order valence-corrected chi connectivity index (χ0v) is 32.7. The lowest BCUT2D eigenvalue weighted by Gasteiger charge is -2.33. The summed E-state index contributed by atoms with van der Waals surface area (Å²) in [4.78, 5) is 2.27. The first-order valence-corrected chi connectivity index (χ1v) is 20.3. The highest BCUT2D eigenvalue weighted by atomic mass is 15.2. The summed E-state index contributed by atoms with van der Waals surface area (Å²) in [6, 6.07) is 73.1. The van der Waals surface area contributed by atoms with Crippen LogP contribution in [0.25, 0.3) is 76.5 Å². The van der Waals surface area contributed by atoms with Crippen LogP contribution in [0.15, 0.2) is 200 Å². The number of nitrogens with two attached hydrogens (primary N) is 1. The van der Waals surface area contributed by atoms with E-state index in [1.807, 2.05) is 0 Å². The molecule has 58 heavy (non-hydrogen) atoms. The minimum absolute atomic E-state index is 0.270. The molecular weight excluding hydrogens is 701 g/mol. The molecule has 2 nitrogen and oxygen atoms in total. The van der Waals surface area contributed by atoms with Gasteiger partial charge in [-0.05, 0) is 142 Å². The van der Waals surface area contributed by atoms with E-state index in [0.717, 1.165) is 16.9 Å². The first-order chi connectivity index (χ1) is 28.5. The monoisotopic (exact) mass is 742 g/mol. The largest absolute Gasteiger partial charge is 0.321 e. The second-order valence-electron chi connectivity index (χ2n) is 16.2. The molecule has 1 atom stereocenters. The SMILES string of the molecule is CC1(C)c2cc3c(-c4ccc5ccccc5c4)c4ccccc4c(-c4ccc5ccccc5c4)c3cc2-c2c(C(N)N(c3ccccc3)c3ccccc3)cccc21. The van der Waals surface area contributed by atoms with Gasteiger partial charge in [-0.25, -0.2) is 0 Å². The van der Waals surface area contributed by atoms with Gasteiger partial charge in [0.2, 0.25) is 0 Å². The maximum atomic E-state index is 7.55. The molecular formula is C56H42N2. The average Bonchev–Trinajstić information content (AvgIpc) is 3.50. The Morgan fingerprint density at radius 2 is 0.879 bits per heavy atom. The molecule has 2 heteroatoms. The molecule has 276 valence electrons. The number of para-hydroxylation sites is 2. The molecule has 1 aliphatic carbocycles. The first kappa shape index (κ1) is 34.3. The Balaban J connectivity index is 1.23. The zero-order chi connectivity index (χ0) is 39.0. The summed E-state index contributed by atoms with van der Waals surface area (Å²) in [5, 5.41) is 9.96. The fourth-order valence-electron chi connectivity index (χ4n) is 9.83. The Morgan fingerprint density at radius 3 is 1.43 bits per heavy atom. The van der Waals surface area contributed by atoms with Gasteiger partial charge in [-0.1, -0.05) is 166 Å². The lowest BCUT2D eigenvalue weighted by Crippen LogP contribution is -2.31. The molecule has 0 heterocycles. The van der Waals surface area contributed by atoms with Crippen molar-refractivity contribution in [1.29, 1.82) is 0 Å². The van der Waals surface area contributed by atoms with Gasteiger partial charge in [0, 0.05) is 16.8 Å². The fourth-order valence-corrected chi connectivity index (χ4v) is 9.83. The van der Waals surface area contributed by atoms with E-state index in [0.29, 0.717) is 0 Å². The van der Waals surface area contributed by atoms with Gasteiger partial charge in [-0.2, -0.15) is 0 Å². The molecule has 0 aromatic heterocycles. The number of anilines is 2. The quantitative estimate of drug-likeness (QED) is 0.136. The van der Waals surface area contributed by atoms with Crippen molar-refractivity contribution in [2.24, 2.45) is 5.73 Å². The minimum Gasteiger partial charge on any atom is -0.321 e. The average molecular weight is 743 g/mol. The van der Waals surface area contributed by atoms with Crippen molar-refractivity contribution < 1.29 is 0 Å². The third-order valence-corrected chi connectivity index (χ3v) is 12.6. The molecule has 1 aliphatic rings. The van der Waals surface area contributed by atoms with Gasteiger partial charge < -0.3 is 10.6 Å². The van der Waals surface area contributed by atoms with Crippen LogP contribution < -0.4 is 10.6 Å². The molecule has 10 aromatic rings. The molecule has 0 bridgehead atoms. The van der Waals surface area contributed by atoms with Crippen molar-refractivity contribution in [1.82, 2.24) is 0 Å². The van der Waals surface area contributed by atoms with Gasteiger partial charge in [0.05, 0.1) is 0 Å². The summed E-state index contributed by atoms with van der Waals surface area (Å²) < 4.78 is 0. The van der Waals surface area contributed by atoms with Crippen LogP contribution in [-0.2, 0) is 5.41 Å². The summed E-state index contributed by atoms with van der Waals surface area (Å²) in [5.41, 5.74) is 20.6. The molecule has 0 fully saturated rings. The van der Waals surface area contributed by atoms with Crippen molar-refractivity contribution in [2.45, 2.75) is 25.4 Å². The van der Waals surface area contributed by atoms with E-state index in [2.05, 4.69) is 219 Å². The highest BCUT2D eigenvalue weighted by Crippen LogP contribution is 2.55. The van der Waals surface area contributed by atoms with Gasteiger partial charge in [0.1, 0.15) is 6.17 Å². The molecule has 0 radical (unpaired) electrons. The normalized spacial score (nSPS) is 13.5. The Hall–Kier alpha value is -7.00. The van der Waals surface area contributed by atoms with Crippen LogP contribution in [0.5, 0.6) is 0 Å². The Bertz CT molecular complexity index is 3180. The van der Waals surface area contributed by atoms with Crippen LogP contribution in [0.4, 0.5) is 11.4 Å². The smallest absolute Gasteiger partial charge is 0.109 e. The Morgan fingerprint density at radius 1 is 0.397 bits per heavy atom. The van der Waals surface area contributed by atoms with Crippen LogP contribution >= 0.6 is 0 Å². The molecule has 0 aliphatic heterocycles. The molecule has 0 spiro atoms. The molecule has 2 N–H and O–H groups in total. The maximum Gasteiger partial charge on any atom is 0.109 e. The standard InChI is InChI=1S/C56H42N2/c1-56(2)50-27-15-26-46(55(57)58(42-20-5-3-6-21-42)43-22-7-4-8-23-43)54(50)49-34-47-48(35-51(49)56)53(41-31-29-37-17-10-12-19-39(37)33-41)45-25-14-13-24-44(45)52(47)40-30-28-36-16-9-11-18-38(36)32-40/h3-35,55H,57H2,1-2H3. The highest BCUT2D eigenvalue weighted by molar-refractivity contribution is 6.23. The van der Waals surface area contributed by atoms with Crippen molar-refractivity contribution in [3.63, 3.8) is 0 Å². The summed E-state index contributed by atoms with van der Waals surface area (Å²) >= 11 is 0. The van der Waals surface area contributed by atoms with Crippen molar-refractivity contribution in [2.75, 3.05) is 4.90 Å². The lowest BCUT2D eigenvalue weighted by molar-refractivity contribution is 0.658. The number of fused-ring (bicyclic) bond motifs is 7. The predicted molar refractivity (Wildman–Crippen MR) is 247 cm³/mol. The highest BCUT2D eigenvalue weighted by Gasteiger charge is 2.39. The summed E-state index contributed by atoms with van der Waals surface area (Å²) in [6.07, 6.45) is -0.443. The summed E-state index contributed by atoms with van der Waals surface area (Å²) in [6.45, 7) is 4.76. The van der Waals surface area contributed by atoms with Gasteiger partial charge >= 0.3 is 0 Å². The van der Waals surface area contributed by atoms with Gasteiger partial charge in [0.25, 0.3) is 0 Å². The van der Waals surface area contributed by atoms with Crippen molar-refractivity contribution in [3.05, 3.63) is 217 Å². The number of nitrogens with zero attached hydrogens (tertiary/aromatic N) is 1. The third kappa shape index (κ3) is 5.30. The van der Waals surface area contributed by atoms with Crippen LogP contribution in [0.2, 0.25) is 0 Å². The molecule has 0 saturated carbocycles. The molecule has 0 saturated heterocycles. The zero-order valence-electron chi connectivity index (χ0n) is 32.7. The van der Waals surface area contributed by atoms with Crippen molar-refractivity contribution in [3.8, 4) is 33.4 Å². The van der Waals surface area contributed by atoms with Crippen molar-refractivity contribution >= 4 is 54.5 Å². The van der Waals surface area contributed by atoms with E-state index in [4.69, 9.17) is 5.73 Å². The first-order valence-electron chi connectivity index (χ1n) is 20.3. The van der Waals surface area contributed by atoms with Crippen LogP contribution in [0.1, 0.15) is 36.7 Å². The van der Waals surface area contributed by atoms with Crippen LogP contribution in [0.3, 0.4) is 0 Å². The number of rotatable bonds is 6. The van der Waals surface area contributed by atoms with Gasteiger partial charge in [0.15, 0.2) is 0 Å². The van der Waals surface area contributed by atoms with Crippen LogP contribution in [0, 0.1) is 0 Å². The third-order valence-electron chi connectivity index (χ3n) is 12.6. The lowest BCUT2D eigenvalue weighted by atomic mass is 9.79. The summed E-state index contributed by atoms with van der Waals surface area (Å²) in [7, 11) is 0. The maximum absolute atomic E-state index is 7.55. The second-order valence-corrected chi connectivity index (χ2v) is 16.2. The van der Waals surface area contributed by atoms with Crippen LogP contribution in [-0.4, -0.2) is 0 Å². The molecule has 11 rings (SSSR count). The van der Waals surface area contributed by atoms with E-state index in [1.54, 1.807) is 0 Å². The Labute approximate surface area is 339 Å². The van der Waals surface area contributed by atoms with E-state index >= 15 is 0 Å². The Kier molecular flexibility index (Phi) is 7.86. The summed E-state index contributed by atoms with van der Waals surface area (Å²) in [5.74, 6) is 0. The topological polar surface area (TPSA) is 29.3 Å². The minimum atomic E-state index is -0.443. The van der Waals surface area contributed by atoms with E-state index < -0.39 is 6.17 Å². The van der Waals surface area contributed by atoms with Gasteiger partial charge in [-0.3, -0.25) is 0 Å². The number of hydrogen-bond donors (Lipinski definition) is 1. The molecule has 0 amide bonds. The van der Waals surface area contributed by atoms with E-state index in [9.17, 15) is 0 Å². The fraction of sp³-hybridized carbons (Fsp3) is 0.0714. The van der Waals surface area contributed by atoms with E-state index in [-0.39, 0.29) is 5.41 Å². The van der Waals surface area contributed by atoms with Gasteiger partial charge in [-0.15, -0.1) is 0 Å².